The molecule has 0 spiro atoms. The third-order valence-corrected chi connectivity index (χ3v) is 7.18. The first kappa shape index (κ1) is 22.5. The quantitative estimate of drug-likeness (QED) is 0.600. The third kappa shape index (κ3) is 4.18. The Bertz CT molecular complexity index is 1030. The monoisotopic (exact) mass is 452 g/mol. The van der Waals surface area contributed by atoms with Gasteiger partial charge in [0.2, 0.25) is 17.7 Å². The highest BCUT2D eigenvalue weighted by Crippen LogP contribution is 2.45. The Morgan fingerprint density at radius 3 is 2.41 bits per heavy atom. The van der Waals surface area contributed by atoms with E-state index in [2.05, 4.69) is 0 Å². The Balaban J connectivity index is 1.64. The molecular weight excluding hydrogens is 424 g/mol. The van der Waals surface area contributed by atoms with Crippen LogP contribution >= 0.6 is 11.6 Å². The van der Waals surface area contributed by atoms with Crippen LogP contribution in [0.3, 0.4) is 0 Å². The molecule has 2 aromatic rings. The van der Waals surface area contributed by atoms with Crippen molar-refractivity contribution in [2.24, 2.45) is 0 Å². The molecule has 1 saturated carbocycles. The summed E-state index contributed by atoms with van der Waals surface area (Å²) in [4.78, 5) is 43.3. The van der Waals surface area contributed by atoms with Crippen molar-refractivity contribution in [1.29, 1.82) is 0 Å². The van der Waals surface area contributed by atoms with Crippen LogP contribution in [0.4, 0.5) is 0 Å². The molecule has 2 aliphatic rings. The number of imide groups is 1. The topological polar surface area (TPSA) is 57.7 Å². The lowest BCUT2D eigenvalue weighted by molar-refractivity contribution is -0.144. The molecule has 1 unspecified atom stereocenters. The van der Waals surface area contributed by atoms with Gasteiger partial charge in [-0.15, -0.1) is 0 Å². The highest BCUT2D eigenvalue weighted by molar-refractivity contribution is 6.32. The molecule has 0 radical (unpaired) electrons. The summed E-state index contributed by atoms with van der Waals surface area (Å²) in [5.41, 5.74) is 1.48. The standard InChI is InChI=1S/C26H29ClN2O3/c1-18-11-13-19(14-12-18)17-28(2)23(30)15-26(21-9-5-6-10-22(21)27)16-24(31)29(25(26)32)20-7-3-4-8-20/h5-6,9-14,20H,3-4,7-8,15-17H2,1-2H3. The molecule has 0 bridgehead atoms. The van der Waals surface area contributed by atoms with Gasteiger partial charge < -0.3 is 4.90 Å². The van der Waals surface area contributed by atoms with Crippen LogP contribution in [0.25, 0.3) is 0 Å². The van der Waals surface area contributed by atoms with Crippen molar-refractivity contribution in [3.05, 3.63) is 70.2 Å². The fourth-order valence-electron chi connectivity index (χ4n) is 5.04. The Morgan fingerprint density at radius 2 is 1.75 bits per heavy atom. The highest BCUT2D eigenvalue weighted by Gasteiger charge is 2.56. The van der Waals surface area contributed by atoms with E-state index in [0.29, 0.717) is 17.1 Å². The molecule has 168 valence electrons. The van der Waals surface area contributed by atoms with E-state index in [1.807, 2.05) is 31.2 Å². The molecule has 32 heavy (non-hydrogen) atoms. The minimum absolute atomic E-state index is 0.0177. The maximum atomic E-state index is 13.8. The largest absolute Gasteiger partial charge is 0.341 e. The van der Waals surface area contributed by atoms with Gasteiger partial charge in [0.1, 0.15) is 0 Å². The zero-order valence-electron chi connectivity index (χ0n) is 18.6. The van der Waals surface area contributed by atoms with Gasteiger partial charge in [0.15, 0.2) is 0 Å². The van der Waals surface area contributed by atoms with Crippen molar-refractivity contribution in [1.82, 2.24) is 9.80 Å². The van der Waals surface area contributed by atoms with Crippen molar-refractivity contribution in [2.75, 3.05) is 7.05 Å². The number of carbonyl (C=O) groups excluding carboxylic acids is 3. The fraction of sp³-hybridized carbons (Fsp3) is 0.423. The molecule has 3 amide bonds. The van der Waals surface area contributed by atoms with E-state index in [1.54, 1.807) is 36.2 Å². The maximum absolute atomic E-state index is 13.8. The predicted octanol–water partition coefficient (Wildman–Crippen LogP) is 4.64. The average Bonchev–Trinajstić information content (AvgIpc) is 3.37. The number of aryl methyl sites for hydroxylation is 1. The molecule has 0 N–H and O–H groups in total. The summed E-state index contributed by atoms with van der Waals surface area (Å²) < 4.78 is 0. The number of amides is 3. The molecule has 6 heteroatoms. The van der Waals surface area contributed by atoms with Gasteiger partial charge in [-0.25, -0.2) is 0 Å². The minimum Gasteiger partial charge on any atom is -0.341 e. The number of nitrogens with zero attached hydrogens (tertiary/aromatic N) is 2. The van der Waals surface area contributed by atoms with Crippen molar-refractivity contribution >= 4 is 29.3 Å². The average molecular weight is 453 g/mol. The summed E-state index contributed by atoms with van der Waals surface area (Å²) in [6.07, 6.45) is 3.59. The Hall–Kier alpha value is -2.66. The summed E-state index contributed by atoms with van der Waals surface area (Å²) in [6, 6.07) is 15.0. The van der Waals surface area contributed by atoms with E-state index in [9.17, 15) is 14.4 Å². The van der Waals surface area contributed by atoms with Crippen molar-refractivity contribution in [3.8, 4) is 0 Å². The van der Waals surface area contributed by atoms with Crippen LogP contribution in [0.15, 0.2) is 48.5 Å². The van der Waals surface area contributed by atoms with Crippen LogP contribution in [0, 0.1) is 6.92 Å². The van der Waals surface area contributed by atoms with Gasteiger partial charge in [0, 0.05) is 37.5 Å². The third-order valence-electron chi connectivity index (χ3n) is 6.85. The minimum atomic E-state index is -1.25. The lowest BCUT2D eigenvalue weighted by atomic mass is 9.75. The number of hydrogen-bond acceptors (Lipinski definition) is 3. The lowest BCUT2D eigenvalue weighted by Gasteiger charge is -2.31. The van der Waals surface area contributed by atoms with E-state index < -0.39 is 5.41 Å². The number of benzene rings is 2. The number of hydrogen-bond donors (Lipinski definition) is 0. The zero-order chi connectivity index (χ0) is 22.9. The summed E-state index contributed by atoms with van der Waals surface area (Å²) in [7, 11) is 1.73. The van der Waals surface area contributed by atoms with Gasteiger partial charge >= 0.3 is 0 Å². The fourth-order valence-corrected chi connectivity index (χ4v) is 5.35. The normalized spacial score (nSPS) is 21.4. The molecule has 4 rings (SSSR count). The van der Waals surface area contributed by atoms with E-state index in [-0.39, 0.29) is 36.6 Å². The van der Waals surface area contributed by atoms with E-state index in [0.717, 1.165) is 36.8 Å². The molecule has 1 aliphatic carbocycles. The molecule has 0 aromatic heterocycles. The van der Waals surface area contributed by atoms with Crippen LogP contribution in [-0.2, 0) is 26.3 Å². The molecule has 5 nitrogen and oxygen atoms in total. The smallest absolute Gasteiger partial charge is 0.241 e. The Labute approximate surface area is 194 Å². The summed E-state index contributed by atoms with van der Waals surface area (Å²) in [5, 5.41) is 0.413. The zero-order valence-corrected chi connectivity index (χ0v) is 19.4. The van der Waals surface area contributed by atoms with Gasteiger partial charge in [0.05, 0.1) is 5.41 Å². The maximum Gasteiger partial charge on any atom is 0.241 e. The SMILES string of the molecule is Cc1ccc(CN(C)C(=O)CC2(c3ccccc3Cl)CC(=O)N(C3CCCC3)C2=O)cc1. The molecule has 1 atom stereocenters. The first-order valence-electron chi connectivity index (χ1n) is 11.2. The first-order chi connectivity index (χ1) is 15.3. The first-order valence-corrected chi connectivity index (χ1v) is 11.6. The van der Waals surface area contributed by atoms with Crippen LogP contribution in [0.5, 0.6) is 0 Å². The second-order valence-corrected chi connectivity index (χ2v) is 9.57. The molecule has 2 fully saturated rings. The number of carbonyl (C=O) groups is 3. The summed E-state index contributed by atoms with van der Waals surface area (Å²) in [6.45, 7) is 2.46. The second-order valence-electron chi connectivity index (χ2n) is 9.16. The van der Waals surface area contributed by atoms with E-state index in [4.69, 9.17) is 11.6 Å². The molecular formula is C26H29ClN2O3. The summed E-state index contributed by atoms with van der Waals surface area (Å²) >= 11 is 6.51. The van der Waals surface area contributed by atoms with Crippen molar-refractivity contribution in [2.45, 2.75) is 63.5 Å². The molecule has 2 aromatic carbocycles. The van der Waals surface area contributed by atoms with Crippen LogP contribution < -0.4 is 0 Å². The van der Waals surface area contributed by atoms with E-state index in [1.165, 1.54) is 4.90 Å². The van der Waals surface area contributed by atoms with E-state index >= 15 is 0 Å². The number of halogens is 1. The predicted molar refractivity (Wildman–Crippen MR) is 124 cm³/mol. The Kier molecular flexibility index (Phi) is 6.38. The Morgan fingerprint density at radius 1 is 1.09 bits per heavy atom. The number of likely N-dealkylation sites (tertiary alicyclic amines) is 1. The summed E-state index contributed by atoms with van der Waals surface area (Å²) in [5.74, 6) is -0.657. The van der Waals surface area contributed by atoms with Gasteiger partial charge in [-0.2, -0.15) is 0 Å². The van der Waals surface area contributed by atoms with Gasteiger partial charge in [-0.05, 0) is 37.0 Å². The van der Waals surface area contributed by atoms with Crippen LogP contribution in [0.1, 0.15) is 55.2 Å². The second kappa shape index (κ2) is 9.07. The molecule has 1 saturated heterocycles. The van der Waals surface area contributed by atoms with Gasteiger partial charge in [0.25, 0.3) is 0 Å². The van der Waals surface area contributed by atoms with Crippen LogP contribution in [0.2, 0.25) is 5.02 Å². The molecule has 1 aliphatic heterocycles. The highest BCUT2D eigenvalue weighted by atomic mass is 35.5. The van der Waals surface area contributed by atoms with Gasteiger partial charge in [-0.3, -0.25) is 19.3 Å². The lowest BCUT2D eigenvalue weighted by Crippen LogP contribution is -2.45. The van der Waals surface area contributed by atoms with Crippen molar-refractivity contribution in [3.63, 3.8) is 0 Å². The van der Waals surface area contributed by atoms with Gasteiger partial charge in [-0.1, -0.05) is 72.5 Å². The van der Waals surface area contributed by atoms with Crippen molar-refractivity contribution < 1.29 is 14.4 Å². The van der Waals surface area contributed by atoms with Crippen LogP contribution in [-0.4, -0.2) is 40.6 Å². The number of rotatable bonds is 6. The molecule has 1 heterocycles.